The highest BCUT2D eigenvalue weighted by Crippen LogP contribution is 2.19. The van der Waals surface area contributed by atoms with Gasteiger partial charge in [0.25, 0.3) is 11.8 Å². The summed E-state index contributed by atoms with van der Waals surface area (Å²) in [6, 6.07) is 13.9. The largest absolute Gasteiger partial charge is 0.493 e. The molecule has 0 bridgehead atoms. The van der Waals surface area contributed by atoms with Crippen LogP contribution in [0.5, 0.6) is 5.75 Å². The Morgan fingerprint density at radius 3 is 2.38 bits per heavy atom. The van der Waals surface area contributed by atoms with Gasteiger partial charge in [-0.2, -0.15) is 0 Å². The second-order valence-electron chi connectivity index (χ2n) is 6.05. The van der Waals surface area contributed by atoms with Gasteiger partial charge in [0.2, 0.25) is 0 Å². The molecule has 8 heteroatoms. The minimum absolute atomic E-state index is 0.0810. The quantitative estimate of drug-likeness (QED) is 0.431. The Hall–Kier alpha value is -2.97. The van der Waals surface area contributed by atoms with Crippen LogP contribution in [0.15, 0.2) is 48.5 Å². The maximum Gasteiger partial charge on any atom is 0.261 e. The number of nitrogens with one attached hydrogen (secondary N) is 3. The lowest BCUT2D eigenvalue weighted by Gasteiger charge is -2.15. The summed E-state index contributed by atoms with van der Waals surface area (Å²) in [4.78, 5) is 25.0. The van der Waals surface area contributed by atoms with Crippen LogP contribution in [0.3, 0.4) is 0 Å². The van der Waals surface area contributed by atoms with Crippen LogP contribution in [-0.4, -0.2) is 43.8 Å². The van der Waals surface area contributed by atoms with Gasteiger partial charge in [-0.15, -0.1) is 0 Å². The molecule has 7 nitrogen and oxygen atoms in total. The molecule has 0 aliphatic rings. The average Bonchev–Trinajstić information content (AvgIpc) is 2.72. The van der Waals surface area contributed by atoms with E-state index in [0.717, 1.165) is 6.42 Å². The van der Waals surface area contributed by atoms with Gasteiger partial charge in [-0.05, 0) is 42.9 Å². The third-order valence-electron chi connectivity index (χ3n) is 3.83. The summed E-state index contributed by atoms with van der Waals surface area (Å²) in [6.07, 6.45) is 0.832. The summed E-state index contributed by atoms with van der Waals surface area (Å²) >= 11 is 5.26. The molecule has 0 aromatic heterocycles. The molecule has 2 amide bonds. The number of hydrogen-bond acceptors (Lipinski definition) is 5. The second-order valence-corrected chi connectivity index (χ2v) is 6.46. The third kappa shape index (κ3) is 6.85. The Balaban J connectivity index is 2.05. The van der Waals surface area contributed by atoms with Crippen LogP contribution in [0.2, 0.25) is 0 Å². The van der Waals surface area contributed by atoms with Crippen LogP contribution < -0.4 is 20.7 Å². The molecular weight excluding hydrogens is 390 g/mol. The standard InChI is InChI=1S/C21H25N3O4S/c1-3-13-28-18-11-7-5-9-16(18)20(26)24-21(29)23-17-10-6-4-8-15(17)19(25)22-12-14-27-2/h4-11H,3,12-14H2,1-2H3,(H,22,25)(H2,23,24,26,29). The zero-order chi connectivity index (χ0) is 21.1. The summed E-state index contributed by atoms with van der Waals surface area (Å²) in [5, 5.41) is 8.38. The van der Waals surface area contributed by atoms with Crippen molar-refractivity contribution in [1.82, 2.24) is 10.6 Å². The Morgan fingerprint density at radius 2 is 1.66 bits per heavy atom. The third-order valence-corrected chi connectivity index (χ3v) is 4.04. The maximum absolute atomic E-state index is 12.6. The summed E-state index contributed by atoms with van der Waals surface area (Å²) in [6.45, 7) is 3.30. The molecule has 154 valence electrons. The number of thiocarbonyl (C=S) groups is 1. The van der Waals surface area contributed by atoms with Crippen molar-refractivity contribution in [3.8, 4) is 5.75 Å². The van der Waals surface area contributed by atoms with Gasteiger partial charge in [-0.25, -0.2) is 0 Å². The van der Waals surface area contributed by atoms with Gasteiger partial charge in [0.05, 0.1) is 30.0 Å². The van der Waals surface area contributed by atoms with Gasteiger partial charge in [-0.1, -0.05) is 31.2 Å². The van der Waals surface area contributed by atoms with E-state index in [-0.39, 0.29) is 11.0 Å². The number of carbonyl (C=O) groups excluding carboxylic acids is 2. The van der Waals surface area contributed by atoms with Gasteiger partial charge in [0.15, 0.2) is 5.11 Å². The van der Waals surface area contributed by atoms with Crippen LogP contribution in [-0.2, 0) is 4.74 Å². The number of amides is 2. The van der Waals surface area contributed by atoms with Crippen LogP contribution in [0.25, 0.3) is 0 Å². The van der Waals surface area contributed by atoms with E-state index in [1.165, 1.54) is 0 Å². The van der Waals surface area contributed by atoms with E-state index in [1.807, 2.05) is 6.92 Å². The molecule has 2 aromatic carbocycles. The lowest BCUT2D eigenvalue weighted by Crippen LogP contribution is -2.35. The van der Waals surface area contributed by atoms with Crippen LogP contribution in [0, 0.1) is 0 Å². The molecule has 0 aliphatic carbocycles. The molecule has 0 heterocycles. The van der Waals surface area contributed by atoms with Crippen LogP contribution in [0.1, 0.15) is 34.1 Å². The first-order valence-electron chi connectivity index (χ1n) is 9.27. The molecule has 0 atom stereocenters. The van der Waals surface area contributed by atoms with Crippen molar-refractivity contribution in [2.45, 2.75) is 13.3 Å². The van der Waals surface area contributed by atoms with Crippen LogP contribution >= 0.6 is 12.2 Å². The summed E-state index contributed by atoms with van der Waals surface area (Å²) in [5.41, 5.74) is 1.28. The molecule has 0 spiro atoms. The van der Waals surface area contributed by atoms with Gasteiger partial charge < -0.3 is 20.1 Å². The number of rotatable bonds is 9. The van der Waals surface area contributed by atoms with Gasteiger partial charge in [0, 0.05) is 13.7 Å². The molecule has 3 N–H and O–H groups in total. The van der Waals surface area contributed by atoms with Crippen molar-refractivity contribution in [1.29, 1.82) is 0 Å². The predicted octanol–water partition coefficient (Wildman–Crippen LogP) is 2.98. The van der Waals surface area contributed by atoms with E-state index in [2.05, 4.69) is 16.0 Å². The molecular formula is C21H25N3O4S. The number of anilines is 1. The highest BCUT2D eigenvalue weighted by Gasteiger charge is 2.15. The fourth-order valence-electron chi connectivity index (χ4n) is 2.47. The number of ether oxygens (including phenoxy) is 2. The van der Waals surface area contributed by atoms with E-state index in [0.29, 0.717) is 42.3 Å². The van der Waals surface area contributed by atoms with Crippen molar-refractivity contribution in [3.63, 3.8) is 0 Å². The van der Waals surface area contributed by atoms with E-state index in [4.69, 9.17) is 21.7 Å². The number of benzene rings is 2. The van der Waals surface area contributed by atoms with E-state index in [1.54, 1.807) is 55.6 Å². The normalized spacial score (nSPS) is 10.1. The highest BCUT2D eigenvalue weighted by molar-refractivity contribution is 7.80. The zero-order valence-electron chi connectivity index (χ0n) is 16.5. The summed E-state index contributed by atoms with van der Waals surface area (Å²) < 4.78 is 10.6. The fourth-order valence-corrected chi connectivity index (χ4v) is 2.67. The molecule has 0 radical (unpaired) electrons. The smallest absolute Gasteiger partial charge is 0.261 e. The average molecular weight is 416 g/mol. The van der Waals surface area contributed by atoms with E-state index >= 15 is 0 Å². The first-order chi connectivity index (χ1) is 14.1. The Morgan fingerprint density at radius 1 is 0.966 bits per heavy atom. The van der Waals surface area contributed by atoms with Gasteiger partial charge >= 0.3 is 0 Å². The highest BCUT2D eigenvalue weighted by atomic mass is 32.1. The van der Waals surface area contributed by atoms with E-state index in [9.17, 15) is 9.59 Å². The van der Waals surface area contributed by atoms with Crippen molar-refractivity contribution in [2.75, 3.05) is 32.2 Å². The van der Waals surface area contributed by atoms with E-state index < -0.39 is 5.91 Å². The summed E-state index contributed by atoms with van der Waals surface area (Å²) in [5.74, 6) is -0.165. The SMILES string of the molecule is CCCOc1ccccc1C(=O)NC(=S)Nc1ccccc1C(=O)NCCOC. The first-order valence-corrected chi connectivity index (χ1v) is 9.68. The minimum Gasteiger partial charge on any atom is -0.493 e. The van der Waals surface area contributed by atoms with Crippen molar-refractivity contribution in [2.24, 2.45) is 0 Å². The zero-order valence-corrected chi connectivity index (χ0v) is 17.3. The molecule has 2 aromatic rings. The number of hydrogen-bond donors (Lipinski definition) is 3. The van der Waals surface area contributed by atoms with Crippen molar-refractivity contribution >= 4 is 34.8 Å². The Kier molecular flexibility index (Phi) is 9.07. The molecule has 29 heavy (non-hydrogen) atoms. The molecule has 0 unspecified atom stereocenters. The van der Waals surface area contributed by atoms with Crippen molar-refractivity contribution in [3.05, 3.63) is 59.7 Å². The van der Waals surface area contributed by atoms with Crippen LogP contribution in [0.4, 0.5) is 5.69 Å². The molecule has 0 fully saturated rings. The molecule has 0 saturated carbocycles. The predicted molar refractivity (Wildman–Crippen MR) is 117 cm³/mol. The topological polar surface area (TPSA) is 88.7 Å². The molecule has 0 saturated heterocycles. The number of para-hydroxylation sites is 2. The monoisotopic (exact) mass is 415 g/mol. The molecule has 2 rings (SSSR count). The fraction of sp³-hybridized carbons (Fsp3) is 0.286. The number of carbonyl (C=O) groups is 2. The Labute approximate surface area is 175 Å². The lowest BCUT2D eigenvalue weighted by atomic mass is 10.1. The maximum atomic E-state index is 12.6. The summed E-state index contributed by atoms with van der Waals surface area (Å²) in [7, 11) is 1.56. The number of methoxy groups -OCH3 is 1. The second kappa shape index (κ2) is 11.8. The van der Waals surface area contributed by atoms with Gasteiger partial charge in [-0.3, -0.25) is 14.9 Å². The Bertz CT molecular complexity index is 857. The minimum atomic E-state index is -0.392. The first kappa shape index (κ1) is 22.3. The molecule has 0 aliphatic heterocycles. The van der Waals surface area contributed by atoms with Gasteiger partial charge in [0.1, 0.15) is 5.75 Å². The lowest BCUT2D eigenvalue weighted by molar-refractivity contribution is 0.0936. The van der Waals surface area contributed by atoms with Crippen molar-refractivity contribution < 1.29 is 19.1 Å².